The number of ketones is 1. The number of carbonyl (C=O) groups excluding carboxylic acids is 3. The molecule has 0 aliphatic heterocycles. The van der Waals surface area contributed by atoms with Crippen LogP contribution in [0.5, 0.6) is 0 Å². The number of Topliss-reactive ketones (excluding diaryl/α,β-unsaturated/α-hetero) is 1. The summed E-state index contributed by atoms with van der Waals surface area (Å²) in [5.41, 5.74) is 1.08. The van der Waals surface area contributed by atoms with Crippen LogP contribution >= 0.6 is 0 Å². The van der Waals surface area contributed by atoms with Crippen molar-refractivity contribution in [2.75, 3.05) is 26.0 Å². The second-order valence-corrected chi connectivity index (χ2v) is 4.96. The first-order valence-electron chi connectivity index (χ1n) is 6.70. The van der Waals surface area contributed by atoms with Crippen molar-refractivity contribution in [2.24, 2.45) is 5.92 Å². The van der Waals surface area contributed by atoms with Gasteiger partial charge in [-0.1, -0.05) is 19.1 Å². The molecular formula is C15H21N3O3. The Morgan fingerprint density at radius 3 is 2.52 bits per heavy atom. The van der Waals surface area contributed by atoms with E-state index in [1.807, 2.05) is 0 Å². The smallest absolute Gasteiger partial charge is 0.321 e. The summed E-state index contributed by atoms with van der Waals surface area (Å²) < 4.78 is 0. The van der Waals surface area contributed by atoms with Crippen LogP contribution in [0, 0.1) is 5.92 Å². The molecule has 0 saturated carbocycles. The van der Waals surface area contributed by atoms with Gasteiger partial charge >= 0.3 is 6.03 Å². The van der Waals surface area contributed by atoms with E-state index in [1.54, 1.807) is 45.3 Å². The molecule has 21 heavy (non-hydrogen) atoms. The SMILES string of the molecule is CNC(=O)C(C)CN(C)C(=O)Nc1cccc(C(C)=O)c1. The number of rotatable bonds is 5. The summed E-state index contributed by atoms with van der Waals surface area (Å²) in [7, 11) is 3.18. The summed E-state index contributed by atoms with van der Waals surface area (Å²) in [6, 6.07) is 6.40. The standard InChI is InChI=1S/C15H21N3O3/c1-10(14(20)16-3)9-18(4)15(21)17-13-7-5-6-12(8-13)11(2)19/h5-8,10H,9H2,1-4H3,(H,16,20)(H,17,21). The van der Waals surface area contributed by atoms with Crippen LogP contribution in [0.3, 0.4) is 0 Å². The van der Waals surface area contributed by atoms with Gasteiger partial charge < -0.3 is 15.5 Å². The van der Waals surface area contributed by atoms with Gasteiger partial charge in [-0.2, -0.15) is 0 Å². The Morgan fingerprint density at radius 2 is 1.95 bits per heavy atom. The lowest BCUT2D eigenvalue weighted by Gasteiger charge is -2.21. The number of carbonyl (C=O) groups is 3. The largest absolute Gasteiger partial charge is 0.359 e. The van der Waals surface area contributed by atoms with Crippen LogP contribution < -0.4 is 10.6 Å². The third-order valence-electron chi connectivity index (χ3n) is 3.11. The second-order valence-electron chi connectivity index (χ2n) is 4.96. The molecule has 6 heteroatoms. The van der Waals surface area contributed by atoms with Crippen LogP contribution in [0.1, 0.15) is 24.2 Å². The highest BCUT2D eigenvalue weighted by molar-refractivity contribution is 5.96. The summed E-state index contributed by atoms with van der Waals surface area (Å²) in [6.07, 6.45) is 0. The Hall–Kier alpha value is -2.37. The van der Waals surface area contributed by atoms with E-state index in [2.05, 4.69) is 10.6 Å². The predicted molar refractivity (Wildman–Crippen MR) is 81.3 cm³/mol. The third-order valence-corrected chi connectivity index (χ3v) is 3.11. The van der Waals surface area contributed by atoms with Crippen molar-refractivity contribution in [3.8, 4) is 0 Å². The first kappa shape index (κ1) is 16.7. The number of nitrogens with zero attached hydrogens (tertiary/aromatic N) is 1. The van der Waals surface area contributed by atoms with Gasteiger partial charge in [0, 0.05) is 31.9 Å². The molecule has 0 aliphatic carbocycles. The van der Waals surface area contributed by atoms with E-state index < -0.39 is 0 Å². The highest BCUT2D eigenvalue weighted by atomic mass is 16.2. The van der Waals surface area contributed by atoms with E-state index in [9.17, 15) is 14.4 Å². The molecule has 3 amide bonds. The lowest BCUT2D eigenvalue weighted by molar-refractivity contribution is -0.124. The molecule has 1 unspecified atom stereocenters. The lowest BCUT2D eigenvalue weighted by atomic mass is 10.1. The Morgan fingerprint density at radius 1 is 1.29 bits per heavy atom. The third kappa shape index (κ3) is 4.91. The van der Waals surface area contributed by atoms with Crippen molar-refractivity contribution in [1.29, 1.82) is 0 Å². The summed E-state index contributed by atoms with van der Waals surface area (Å²) >= 11 is 0. The Bertz CT molecular complexity index is 543. The molecule has 0 aliphatic rings. The van der Waals surface area contributed by atoms with Gasteiger partial charge in [-0.25, -0.2) is 4.79 Å². The number of anilines is 1. The molecular weight excluding hydrogens is 270 g/mol. The average molecular weight is 291 g/mol. The van der Waals surface area contributed by atoms with E-state index in [1.165, 1.54) is 11.8 Å². The van der Waals surface area contributed by atoms with Gasteiger partial charge in [0.1, 0.15) is 0 Å². The molecule has 1 aromatic carbocycles. The molecule has 0 aromatic heterocycles. The molecule has 0 spiro atoms. The second kappa shape index (κ2) is 7.42. The van der Waals surface area contributed by atoms with E-state index in [0.29, 0.717) is 17.8 Å². The molecule has 0 saturated heterocycles. The van der Waals surface area contributed by atoms with Gasteiger partial charge in [0.05, 0.1) is 5.92 Å². The number of benzene rings is 1. The maximum Gasteiger partial charge on any atom is 0.321 e. The van der Waals surface area contributed by atoms with Crippen molar-refractivity contribution < 1.29 is 14.4 Å². The van der Waals surface area contributed by atoms with Crippen molar-refractivity contribution in [3.05, 3.63) is 29.8 Å². The van der Waals surface area contributed by atoms with Crippen LogP contribution in [0.25, 0.3) is 0 Å². The van der Waals surface area contributed by atoms with Gasteiger partial charge in [-0.15, -0.1) is 0 Å². The summed E-state index contributed by atoms with van der Waals surface area (Å²) in [4.78, 5) is 36.2. The summed E-state index contributed by atoms with van der Waals surface area (Å²) in [5, 5.41) is 5.25. The fourth-order valence-electron chi connectivity index (χ4n) is 1.86. The fraction of sp³-hybridized carbons (Fsp3) is 0.400. The zero-order valence-corrected chi connectivity index (χ0v) is 12.8. The average Bonchev–Trinajstić information content (AvgIpc) is 2.46. The molecule has 0 radical (unpaired) electrons. The van der Waals surface area contributed by atoms with Crippen LogP contribution in [0.2, 0.25) is 0 Å². The van der Waals surface area contributed by atoms with Gasteiger partial charge in [0.25, 0.3) is 0 Å². The molecule has 6 nitrogen and oxygen atoms in total. The van der Waals surface area contributed by atoms with Crippen LogP contribution in [-0.4, -0.2) is 43.3 Å². The maximum absolute atomic E-state index is 12.0. The van der Waals surface area contributed by atoms with Crippen molar-refractivity contribution >= 4 is 23.4 Å². The number of amides is 3. The summed E-state index contributed by atoms with van der Waals surface area (Å²) in [5.74, 6) is -0.477. The van der Waals surface area contributed by atoms with Crippen LogP contribution in [0.4, 0.5) is 10.5 Å². The molecule has 1 rings (SSSR count). The van der Waals surface area contributed by atoms with Crippen LogP contribution in [0.15, 0.2) is 24.3 Å². The minimum absolute atomic E-state index is 0.0623. The highest BCUT2D eigenvalue weighted by Gasteiger charge is 2.17. The van der Waals surface area contributed by atoms with E-state index in [0.717, 1.165) is 0 Å². The van der Waals surface area contributed by atoms with E-state index in [-0.39, 0.29) is 23.6 Å². The van der Waals surface area contributed by atoms with E-state index in [4.69, 9.17) is 0 Å². The monoisotopic (exact) mass is 291 g/mol. The fourth-order valence-corrected chi connectivity index (χ4v) is 1.86. The topological polar surface area (TPSA) is 78.5 Å². The number of hydrogen-bond donors (Lipinski definition) is 2. The molecule has 1 atom stereocenters. The Kier molecular flexibility index (Phi) is 5.90. The molecule has 114 valence electrons. The number of urea groups is 1. The zero-order chi connectivity index (χ0) is 16.0. The van der Waals surface area contributed by atoms with Crippen molar-refractivity contribution in [3.63, 3.8) is 0 Å². The predicted octanol–water partition coefficient (Wildman–Crippen LogP) is 1.73. The quantitative estimate of drug-likeness (QED) is 0.811. The van der Waals surface area contributed by atoms with E-state index >= 15 is 0 Å². The molecule has 2 N–H and O–H groups in total. The van der Waals surface area contributed by atoms with Gasteiger partial charge in [0.2, 0.25) is 5.91 Å². The first-order chi connectivity index (χ1) is 9.85. The van der Waals surface area contributed by atoms with Gasteiger partial charge in [-0.05, 0) is 19.1 Å². The molecule has 1 aromatic rings. The highest BCUT2D eigenvalue weighted by Crippen LogP contribution is 2.12. The molecule has 0 heterocycles. The number of nitrogens with one attached hydrogen (secondary N) is 2. The summed E-state index contributed by atoms with van der Waals surface area (Å²) in [6.45, 7) is 3.52. The Balaban J connectivity index is 2.66. The van der Waals surface area contributed by atoms with Crippen molar-refractivity contribution in [2.45, 2.75) is 13.8 Å². The minimum Gasteiger partial charge on any atom is -0.359 e. The van der Waals surface area contributed by atoms with Gasteiger partial charge in [-0.3, -0.25) is 9.59 Å². The minimum atomic E-state index is -0.327. The first-order valence-corrected chi connectivity index (χ1v) is 6.70. The number of hydrogen-bond acceptors (Lipinski definition) is 3. The Labute approximate surface area is 124 Å². The zero-order valence-electron chi connectivity index (χ0n) is 12.8. The molecule has 0 bridgehead atoms. The maximum atomic E-state index is 12.0. The normalized spacial score (nSPS) is 11.4. The lowest BCUT2D eigenvalue weighted by Crippen LogP contribution is -2.39. The molecule has 0 fully saturated rings. The van der Waals surface area contributed by atoms with Crippen molar-refractivity contribution in [1.82, 2.24) is 10.2 Å². The van der Waals surface area contributed by atoms with Crippen LogP contribution in [-0.2, 0) is 4.79 Å². The van der Waals surface area contributed by atoms with Gasteiger partial charge in [0.15, 0.2) is 5.78 Å².